The molecule has 2 aromatic rings. The van der Waals surface area contributed by atoms with Gasteiger partial charge >= 0.3 is 5.97 Å². The van der Waals surface area contributed by atoms with E-state index >= 15 is 0 Å². The standard InChI is InChI=1S/C17H23N3O2S/c1-10(2)22-17(21)14-12(4)13-15(18-9-19-16(13)23-14)20-7-5-6-11(3)8-20/h9-11H,5-8H2,1-4H3. The second-order valence-electron chi connectivity index (χ2n) is 6.58. The number of thiophene rings is 1. The Kier molecular flexibility index (Phi) is 4.53. The first kappa shape index (κ1) is 16.2. The number of nitrogens with zero attached hydrogens (tertiary/aromatic N) is 3. The highest BCUT2D eigenvalue weighted by Gasteiger charge is 2.25. The third-order valence-corrected chi connectivity index (χ3v) is 5.37. The molecule has 1 aliphatic heterocycles. The number of piperidine rings is 1. The van der Waals surface area contributed by atoms with Gasteiger partial charge in [0.2, 0.25) is 0 Å². The summed E-state index contributed by atoms with van der Waals surface area (Å²) in [4.78, 5) is 25.0. The fraction of sp³-hybridized carbons (Fsp3) is 0.588. The molecule has 0 saturated carbocycles. The Balaban J connectivity index is 2.03. The van der Waals surface area contributed by atoms with Crippen LogP contribution in [0.3, 0.4) is 0 Å². The van der Waals surface area contributed by atoms with Crippen molar-refractivity contribution in [3.8, 4) is 0 Å². The van der Waals surface area contributed by atoms with E-state index in [1.807, 2.05) is 20.8 Å². The van der Waals surface area contributed by atoms with Crippen LogP contribution in [0.4, 0.5) is 5.82 Å². The van der Waals surface area contributed by atoms with Crippen molar-refractivity contribution in [2.24, 2.45) is 5.92 Å². The number of esters is 1. The number of carbonyl (C=O) groups excluding carboxylic acids is 1. The number of aromatic nitrogens is 2. The van der Waals surface area contributed by atoms with E-state index in [9.17, 15) is 4.79 Å². The van der Waals surface area contributed by atoms with Crippen molar-refractivity contribution in [1.82, 2.24) is 9.97 Å². The van der Waals surface area contributed by atoms with Crippen molar-refractivity contribution in [2.45, 2.75) is 46.6 Å². The highest BCUT2D eigenvalue weighted by atomic mass is 32.1. The number of ether oxygens (including phenoxy) is 1. The molecule has 0 radical (unpaired) electrons. The lowest BCUT2D eigenvalue weighted by Gasteiger charge is -2.32. The van der Waals surface area contributed by atoms with Crippen LogP contribution in [0, 0.1) is 12.8 Å². The zero-order chi connectivity index (χ0) is 16.6. The minimum atomic E-state index is -0.265. The summed E-state index contributed by atoms with van der Waals surface area (Å²) in [6.45, 7) is 9.99. The van der Waals surface area contributed by atoms with Crippen molar-refractivity contribution in [3.63, 3.8) is 0 Å². The van der Waals surface area contributed by atoms with Gasteiger partial charge in [-0.3, -0.25) is 0 Å². The molecule has 0 bridgehead atoms. The molecule has 1 saturated heterocycles. The maximum atomic E-state index is 12.3. The molecule has 0 aromatic carbocycles. The lowest BCUT2D eigenvalue weighted by molar-refractivity contribution is 0.0383. The average molecular weight is 333 g/mol. The van der Waals surface area contributed by atoms with Crippen LogP contribution in [-0.4, -0.2) is 35.1 Å². The quantitative estimate of drug-likeness (QED) is 0.800. The number of hydrogen-bond acceptors (Lipinski definition) is 6. The minimum absolute atomic E-state index is 0.124. The maximum absolute atomic E-state index is 12.3. The van der Waals surface area contributed by atoms with Crippen LogP contribution in [0.5, 0.6) is 0 Å². The molecule has 1 fully saturated rings. The van der Waals surface area contributed by atoms with Gasteiger partial charge in [0.05, 0.1) is 11.5 Å². The van der Waals surface area contributed by atoms with Gasteiger partial charge in [-0.15, -0.1) is 11.3 Å². The van der Waals surface area contributed by atoms with E-state index in [1.54, 1.807) is 6.33 Å². The summed E-state index contributed by atoms with van der Waals surface area (Å²) in [7, 11) is 0. The lowest BCUT2D eigenvalue weighted by atomic mass is 10.00. The molecule has 0 spiro atoms. The van der Waals surface area contributed by atoms with E-state index in [-0.39, 0.29) is 12.1 Å². The zero-order valence-electron chi connectivity index (χ0n) is 14.1. The molecular weight excluding hydrogens is 310 g/mol. The molecule has 2 aromatic heterocycles. The predicted molar refractivity (Wildman–Crippen MR) is 93.3 cm³/mol. The van der Waals surface area contributed by atoms with Crippen molar-refractivity contribution in [3.05, 3.63) is 16.8 Å². The third kappa shape index (κ3) is 3.17. The van der Waals surface area contributed by atoms with Gasteiger partial charge in [-0.1, -0.05) is 6.92 Å². The van der Waals surface area contributed by atoms with Crippen LogP contribution >= 0.6 is 11.3 Å². The first-order valence-corrected chi connectivity index (χ1v) is 8.99. The SMILES string of the molecule is Cc1c(C(=O)OC(C)C)sc2ncnc(N3CCCC(C)C3)c12. The molecule has 3 heterocycles. The number of fused-ring (bicyclic) bond motifs is 1. The normalized spacial score (nSPS) is 18.7. The number of aryl methyl sites for hydroxylation is 1. The Hall–Kier alpha value is -1.69. The number of carbonyl (C=O) groups is 1. The summed E-state index contributed by atoms with van der Waals surface area (Å²) in [6, 6.07) is 0. The molecule has 23 heavy (non-hydrogen) atoms. The van der Waals surface area contributed by atoms with Gasteiger partial charge in [-0.05, 0) is 45.1 Å². The molecule has 5 nitrogen and oxygen atoms in total. The van der Waals surface area contributed by atoms with E-state index in [1.165, 1.54) is 24.2 Å². The molecule has 0 amide bonds. The Bertz CT molecular complexity index is 726. The van der Waals surface area contributed by atoms with Crippen molar-refractivity contribution in [2.75, 3.05) is 18.0 Å². The molecule has 124 valence electrons. The predicted octanol–water partition coefficient (Wildman–Crippen LogP) is 3.80. The largest absolute Gasteiger partial charge is 0.459 e. The molecule has 0 N–H and O–H groups in total. The van der Waals surface area contributed by atoms with Gasteiger partial charge in [-0.25, -0.2) is 14.8 Å². The summed E-state index contributed by atoms with van der Waals surface area (Å²) in [6.07, 6.45) is 3.92. The van der Waals surface area contributed by atoms with E-state index in [0.29, 0.717) is 10.8 Å². The average Bonchev–Trinajstić information content (AvgIpc) is 2.84. The summed E-state index contributed by atoms with van der Waals surface area (Å²) in [5, 5.41) is 1.00. The van der Waals surface area contributed by atoms with E-state index in [2.05, 4.69) is 21.8 Å². The summed E-state index contributed by atoms with van der Waals surface area (Å²) in [5.74, 6) is 1.36. The van der Waals surface area contributed by atoms with Crippen molar-refractivity contribution < 1.29 is 9.53 Å². The third-order valence-electron chi connectivity index (χ3n) is 4.19. The van der Waals surface area contributed by atoms with E-state index in [4.69, 9.17) is 4.74 Å². The van der Waals surface area contributed by atoms with Crippen molar-refractivity contribution >= 4 is 33.3 Å². The van der Waals surface area contributed by atoms with Gasteiger partial charge < -0.3 is 9.64 Å². The van der Waals surface area contributed by atoms with Crippen LogP contribution in [0.2, 0.25) is 0 Å². The van der Waals surface area contributed by atoms with Crippen molar-refractivity contribution in [1.29, 1.82) is 0 Å². The maximum Gasteiger partial charge on any atom is 0.348 e. The number of hydrogen-bond donors (Lipinski definition) is 0. The smallest absolute Gasteiger partial charge is 0.348 e. The fourth-order valence-corrected chi connectivity index (χ4v) is 4.16. The van der Waals surface area contributed by atoms with Gasteiger partial charge in [0.15, 0.2) is 0 Å². The molecule has 6 heteroatoms. The van der Waals surface area contributed by atoms with Crippen LogP contribution in [-0.2, 0) is 4.74 Å². The van der Waals surface area contributed by atoms with E-state index < -0.39 is 0 Å². The zero-order valence-corrected chi connectivity index (χ0v) is 14.9. The first-order valence-electron chi connectivity index (χ1n) is 8.17. The molecule has 0 aliphatic carbocycles. The van der Waals surface area contributed by atoms with Gasteiger partial charge in [0, 0.05) is 13.1 Å². The van der Waals surface area contributed by atoms with Crippen LogP contribution < -0.4 is 4.90 Å². The van der Waals surface area contributed by atoms with Crippen LogP contribution in [0.25, 0.3) is 10.2 Å². The Morgan fingerprint density at radius 1 is 1.43 bits per heavy atom. The Morgan fingerprint density at radius 3 is 2.91 bits per heavy atom. The highest BCUT2D eigenvalue weighted by molar-refractivity contribution is 7.20. The Morgan fingerprint density at radius 2 is 2.22 bits per heavy atom. The Labute approximate surface area is 140 Å². The fourth-order valence-electron chi connectivity index (χ4n) is 3.14. The highest BCUT2D eigenvalue weighted by Crippen LogP contribution is 2.36. The molecule has 1 aliphatic rings. The van der Waals surface area contributed by atoms with Gasteiger partial charge in [-0.2, -0.15) is 0 Å². The summed E-state index contributed by atoms with van der Waals surface area (Å²) in [5.41, 5.74) is 0.935. The van der Waals surface area contributed by atoms with Gasteiger partial charge in [0.25, 0.3) is 0 Å². The lowest BCUT2D eigenvalue weighted by Crippen LogP contribution is -2.35. The van der Waals surface area contributed by atoms with Crippen LogP contribution in [0.1, 0.15) is 48.8 Å². The molecule has 3 rings (SSSR count). The molecular formula is C17H23N3O2S. The topological polar surface area (TPSA) is 55.3 Å². The van der Waals surface area contributed by atoms with Gasteiger partial charge in [0.1, 0.15) is 21.9 Å². The first-order chi connectivity index (χ1) is 11.0. The molecule has 1 atom stereocenters. The summed E-state index contributed by atoms with van der Waals surface area (Å²) >= 11 is 1.40. The number of anilines is 1. The summed E-state index contributed by atoms with van der Waals surface area (Å²) < 4.78 is 5.36. The minimum Gasteiger partial charge on any atom is -0.459 e. The second kappa shape index (κ2) is 6.43. The molecule has 1 unspecified atom stereocenters. The second-order valence-corrected chi connectivity index (χ2v) is 7.58. The van der Waals surface area contributed by atoms with E-state index in [0.717, 1.165) is 34.7 Å². The number of rotatable bonds is 3. The monoisotopic (exact) mass is 333 g/mol. The van der Waals surface area contributed by atoms with Crippen LogP contribution in [0.15, 0.2) is 6.33 Å².